The third kappa shape index (κ3) is 2.71. The number of fused-ring (bicyclic) bond motifs is 3. The van der Waals surface area contributed by atoms with Gasteiger partial charge in [0.2, 0.25) is 6.23 Å². The maximum absolute atomic E-state index is 6.42. The van der Waals surface area contributed by atoms with Gasteiger partial charge < -0.3 is 14.5 Å². The molecule has 132 valence electrons. The number of nitrogens with zero attached hydrogens (tertiary/aromatic N) is 2. The summed E-state index contributed by atoms with van der Waals surface area (Å²) in [6.45, 7) is 0. The molecule has 1 aromatic carbocycles. The third-order valence-electron chi connectivity index (χ3n) is 6.18. The molecule has 2 bridgehead atoms. The van der Waals surface area contributed by atoms with Gasteiger partial charge in [-0.3, -0.25) is 0 Å². The van der Waals surface area contributed by atoms with Crippen molar-refractivity contribution in [1.29, 1.82) is 0 Å². The molecule has 25 heavy (non-hydrogen) atoms. The molecule has 4 heterocycles. The molecular formula is C20H23BrN2OS. The van der Waals surface area contributed by atoms with Crippen molar-refractivity contribution in [3.63, 3.8) is 0 Å². The molecule has 2 aromatic rings. The SMILES string of the molecule is CN1C2CCCC1CC(N1c3ccccc3OC1c1ccc(Br)s1)C2. The van der Waals surface area contributed by atoms with Crippen LogP contribution >= 0.6 is 27.3 Å². The molecule has 2 saturated heterocycles. The number of anilines is 1. The van der Waals surface area contributed by atoms with Crippen LogP contribution in [-0.4, -0.2) is 30.1 Å². The lowest BCUT2D eigenvalue weighted by atomic mass is 9.81. The second-order valence-electron chi connectivity index (χ2n) is 7.52. The molecule has 0 saturated carbocycles. The minimum atomic E-state index is 0.0165. The van der Waals surface area contributed by atoms with E-state index in [1.165, 1.54) is 46.5 Å². The van der Waals surface area contributed by atoms with E-state index in [-0.39, 0.29) is 6.23 Å². The van der Waals surface area contributed by atoms with Gasteiger partial charge in [0.05, 0.1) is 14.4 Å². The fourth-order valence-electron chi connectivity index (χ4n) is 4.93. The van der Waals surface area contributed by atoms with Gasteiger partial charge in [-0.1, -0.05) is 18.6 Å². The molecule has 3 atom stereocenters. The molecular weight excluding hydrogens is 396 g/mol. The zero-order chi connectivity index (χ0) is 17.0. The Labute approximate surface area is 161 Å². The van der Waals surface area contributed by atoms with Crippen molar-refractivity contribution in [2.24, 2.45) is 0 Å². The standard InChI is InChI=1S/C20H23BrN2OS/c1-22-13-5-4-6-14(22)12-15(11-13)23-16-7-2-3-8-17(16)24-20(23)18-9-10-19(21)25-18/h2-3,7-10,13-15,20H,4-6,11-12H2,1H3. The fraction of sp³-hybridized carbons (Fsp3) is 0.500. The Hall–Kier alpha value is -1.04. The molecule has 0 radical (unpaired) electrons. The van der Waals surface area contributed by atoms with Gasteiger partial charge in [-0.05, 0) is 72.9 Å². The summed E-state index contributed by atoms with van der Waals surface area (Å²) >= 11 is 5.40. The molecule has 5 rings (SSSR count). The van der Waals surface area contributed by atoms with Gasteiger partial charge in [0.25, 0.3) is 0 Å². The maximum Gasteiger partial charge on any atom is 0.208 e. The number of benzene rings is 1. The molecule has 0 N–H and O–H groups in total. The molecule has 3 nitrogen and oxygen atoms in total. The summed E-state index contributed by atoms with van der Waals surface area (Å²) in [5.41, 5.74) is 1.27. The van der Waals surface area contributed by atoms with E-state index < -0.39 is 0 Å². The number of hydrogen-bond donors (Lipinski definition) is 0. The van der Waals surface area contributed by atoms with E-state index >= 15 is 0 Å². The Morgan fingerprint density at radius 1 is 1.04 bits per heavy atom. The van der Waals surface area contributed by atoms with E-state index in [4.69, 9.17) is 4.74 Å². The first-order valence-corrected chi connectivity index (χ1v) is 10.8. The van der Waals surface area contributed by atoms with Crippen LogP contribution in [0.25, 0.3) is 0 Å². The van der Waals surface area contributed by atoms with Crippen molar-refractivity contribution in [2.75, 3.05) is 11.9 Å². The van der Waals surface area contributed by atoms with Gasteiger partial charge in [-0.25, -0.2) is 0 Å². The smallest absolute Gasteiger partial charge is 0.208 e. The largest absolute Gasteiger partial charge is 0.463 e. The van der Waals surface area contributed by atoms with Crippen molar-refractivity contribution >= 4 is 33.0 Å². The van der Waals surface area contributed by atoms with Crippen LogP contribution in [-0.2, 0) is 0 Å². The van der Waals surface area contributed by atoms with Gasteiger partial charge in [-0.15, -0.1) is 11.3 Å². The Morgan fingerprint density at radius 3 is 2.52 bits per heavy atom. The van der Waals surface area contributed by atoms with Crippen LogP contribution in [0.4, 0.5) is 5.69 Å². The average molecular weight is 419 g/mol. The van der Waals surface area contributed by atoms with E-state index in [9.17, 15) is 0 Å². The van der Waals surface area contributed by atoms with Gasteiger partial charge in [0.1, 0.15) is 5.75 Å². The molecule has 0 aliphatic carbocycles. The average Bonchev–Trinajstić information content (AvgIpc) is 3.18. The van der Waals surface area contributed by atoms with Crippen molar-refractivity contribution in [2.45, 2.75) is 56.5 Å². The summed E-state index contributed by atoms with van der Waals surface area (Å²) in [5.74, 6) is 1.03. The third-order valence-corrected chi connectivity index (χ3v) is 7.83. The van der Waals surface area contributed by atoms with E-state index in [0.29, 0.717) is 6.04 Å². The van der Waals surface area contributed by atoms with E-state index in [0.717, 1.165) is 17.8 Å². The van der Waals surface area contributed by atoms with E-state index in [1.807, 2.05) is 0 Å². The molecule has 0 amide bonds. The number of hydrogen-bond acceptors (Lipinski definition) is 4. The lowest BCUT2D eigenvalue weighted by Crippen LogP contribution is -2.55. The highest BCUT2D eigenvalue weighted by Crippen LogP contribution is 2.49. The topological polar surface area (TPSA) is 15.7 Å². The van der Waals surface area contributed by atoms with Crippen molar-refractivity contribution in [1.82, 2.24) is 4.90 Å². The van der Waals surface area contributed by atoms with Crippen molar-refractivity contribution in [3.8, 4) is 5.75 Å². The van der Waals surface area contributed by atoms with Crippen LogP contribution in [0.5, 0.6) is 5.75 Å². The number of piperidine rings is 2. The number of thiophene rings is 1. The molecule has 0 spiro atoms. The van der Waals surface area contributed by atoms with Crippen LogP contribution in [0.2, 0.25) is 0 Å². The second kappa shape index (κ2) is 6.29. The molecule has 3 unspecified atom stereocenters. The van der Waals surface area contributed by atoms with Crippen LogP contribution in [0.3, 0.4) is 0 Å². The lowest BCUT2D eigenvalue weighted by molar-refractivity contribution is 0.0484. The highest BCUT2D eigenvalue weighted by molar-refractivity contribution is 9.11. The second-order valence-corrected chi connectivity index (χ2v) is 10.0. The zero-order valence-corrected chi connectivity index (χ0v) is 16.8. The number of ether oxygens (including phenoxy) is 1. The summed E-state index contributed by atoms with van der Waals surface area (Å²) in [4.78, 5) is 6.50. The summed E-state index contributed by atoms with van der Waals surface area (Å²) in [5, 5.41) is 0. The minimum absolute atomic E-state index is 0.0165. The molecule has 3 aliphatic rings. The highest BCUT2D eigenvalue weighted by Gasteiger charge is 2.44. The Bertz CT molecular complexity index is 765. The minimum Gasteiger partial charge on any atom is -0.463 e. The van der Waals surface area contributed by atoms with Crippen LogP contribution < -0.4 is 9.64 Å². The van der Waals surface area contributed by atoms with Crippen LogP contribution in [0, 0.1) is 0 Å². The van der Waals surface area contributed by atoms with Crippen molar-refractivity contribution < 1.29 is 4.74 Å². The molecule has 1 aromatic heterocycles. The summed E-state index contributed by atoms with van der Waals surface area (Å²) in [6.07, 6.45) is 6.58. The maximum atomic E-state index is 6.42. The lowest BCUT2D eigenvalue weighted by Gasteiger charge is -2.50. The molecule has 3 aliphatic heterocycles. The number of halogens is 1. The predicted molar refractivity (Wildman–Crippen MR) is 107 cm³/mol. The highest BCUT2D eigenvalue weighted by atomic mass is 79.9. The first-order valence-electron chi connectivity index (χ1n) is 9.22. The number of para-hydroxylation sites is 2. The van der Waals surface area contributed by atoms with Crippen LogP contribution in [0.1, 0.15) is 43.2 Å². The molecule has 2 fully saturated rings. The van der Waals surface area contributed by atoms with Crippen molar-refractivity contribution in [3.05, 3.63) is 45.1 Å². The molecule has 5 heteroatoms. The first-order chi connectivity index (χ1) is 12.2. The van der Waals surface area contributed by atoms with Crippen LogP contribution in [0.15, 0.2) is 40.2 Å². The van der Waals surface area contributed by atoms with Gasteiger partial charge in [0.15, 0.2) is 0 Å². The quantitative estimate of drug-likeness (QED) is 0.646. The van der Waals surface area contributed by atoms with Gasteiger partial charge >= 0.3 is 0 Å². The monoisotopic (exact) mass is 418 g/mol. The van der Waals surface area contributed by atoms with Gasteiger partial charge in [-0.2, -0.15) is 0 Å². The summed E-state index contributed by atoms with van der Waals surface area (Å²) in [6, 6.07) is 14.9. The summed E-state index contributed by atoms with van der Waals surface area (Å²) in [7, 11) is 2.33. The fourth-order valence-corrected chi connectivity index (χ4v) is 6.38. The Morgan fingerprint density at radius 2 is 1.80 bits per heavy atom. The predicted octanol–water partition coefficient (Wildman–Crippen LogP) is 5.42. The number of rotatable bonds is 2. The summed E-state index contributed by atoms with van der Waals surface area (Å²) < 4.78 is 7.59. The normalized spacial score (nSPS) is 31.7. The van der Waals surface area contributed by atoms with Gasteiger partial charge in [0, 0.05) is 18.1 Å². The Kier molecular flexibility index (Phi) is 4.06. The van der Waals surface area contributed by atoms with E-state index in [2.05, 4.69) is 69.2 Å². The zero-order valence-electron chi connectivity index (χ0n) is 14.4. The Balaban J connectivity index is 1.52. The van der Waals surface area contributed by atoms with E-state index in [1.54, 1.807) is 11.3 Å². The first kappa shape index (κ1) is 16.2.